The Morgan fingerprint density at radius 2 is 1.89 bits per heavy atom. The number of amidine groups is 1. The summed E-state index contributed by atoms with van der Waals surface area (Å²) in [6, 6.07) is 0. The van der Waals surface area contributed by atoms with E-state index in [4.69, 9.17) is 21.4 Å². The van der Waals surface area contributed by atoms with E-state index >= 15 is 0 Å². The molecule has 0 aromatic heterocycles. The third-order valence-corrected chi connectivity index (χ3v) is 1.34. The van der Waals surface area contributed by atoms with Crippen molar-refractivity contribution in [3.05, 3.63) is 0 Å². The number of hydrogen-bond acceptors (Lipinski definition) is 3. The first-order valence-corrected chi connectivity index (χ1v) is 2.59. The largest absolute Gasteiger partial charge is 0.387 e. The van der Waals surface area contributed by atoms with Gasteiger partial charge in [-0.05, 0) is 13.8 Å². The van der Waals surface area contributed by atoms with Gasteiger partial charge in [-0.3, -0.25) is 5.41 Å². The Balaban J connectivity index is 4.19. The highest BCUT2D eigenvalue weighted by Crippen LogP contribution is 2.17. The van der Waals surface area contributed by atoms with Gasteiger partial charge in [0.25, 0.3) is 0 Å². The summed E-state index contributed by atoms with van der Waals surface area (Å²) in [5.74, 6) is -0.225. The van der Waals surface area contributed by atoms with Gasteiger partial charge in [0.1, 0.15) is 5.84 Å². The zero-order valence-corrected chi connectivity index (χ0v) is 5.55. The molecule has 0 aliphatic heterocycles. The van der Waals surface area contributed by atoms with E-state index in [1.54, 1.807) is 0 Å². The SMILES string of the molecule is CC(C)(C(=N)N)C(O)O. The molecule has 9 heavy (non-hydrogen) atoms. The normalized spacial score (nSPS) is 12.1. The van der Waals surface area contributed by atoms with E-state index in [-0.39, 0.29) is 5.84 Å². The van der Waals surface area contributed by atoms with Crippen molar-refractivity contribution in [2.75, 3.05) is 0 Å². The zero-order chi connectivity index (χ0) is 7.65. The highest BCUT2D eigenvalue weighted by molar-refractivity contribution is 5.83. The highest BCUT2D eigenvalue weighted by Gasteiger charge is 2.29. The van der Waals surface area contributed by atoms with Crippen molar-refractivity contribution in [1.82, 2.24) is 0 Å². The van der Waals surface area contributed by atoms with Crippen LogP contribution in [0.25, 0.3) is 0 Å². The van der Waals surface area contributed by atoms with E-state index in [2.05, 4.69) is 0 Å². The van der Waals surface area contributed by atoms with Gasteiger partial charge in [0.2, 0.25) is 0 Å². The van der Waals surface area contributed by atoms with Crippen LogP contribution in [0.2, 0.25) is 0 Å². The lowest BCUT2D eigenvalue weighted by molar-refractivity contribution is -0.0949. The van der Waals surface area contributed by atoms with Crippen LogP contribution in [-0.4, -0.2) is 22.3 Å². The fourth-order valence-corrected chi connectivity index (χ4v) is 0.139. The minimum atomic E-state index is -1.56. The topological polar surface area (TPSA) is 90.3 Å². The third kappa shape index (κ3) is 1.65. The van der Waals surface area contributed by atoms with Gasteiger partial charge in [-0.2, -0.15) is 0 Å². The fourth-order valence-electron chi connectivity index (χ4n) is 0.139. The summed E-state index contributed by atoms with van der Waals surface area (Å²) in [4.78, 5) is 0. The molecule has 0 radical (unpaired) electrons. The molecule has 0 aromatic rings. The average molecular weight is 132 g/mol. The molecule has 54 valence electrons. The van der Waals surface area contributed by atoms with Crippen LogP contribution in [0.3, 0.4) is 0 Å². The second-order valence-electron chi connectivity index (χ2n) is 2.51. The lowest BCUT2D eigenvalue weighted by Gasteiger charge is -2.24. The number of hydrogen-bond donors (Lipinski definition) is 4. The summed E-state index contributed by atoms with van der Waals surface area (Å²) < 4.78 is 0. The Hall–Kier alpha value is -0.610. The van der Waals surface area contributed by atoms with E-state index in [1.807, 2.05) is 0 Å². The van der Waals surface area contributed by atoms with Gasteiger partial charge in [0, 0.05) is 0 Å². The highest BCUT2D eigenvalue weighted by atomic mass is 16.5. The van der Waals surface area contributed by atoms with Crippen LogP contribution in [0.15, 0.2) is 0 Å². The third-order valence-electron chi connectivity index (χ3n) is 1.34. The van der Waals surface area contributed by atoms with E-state index in [1.165, 1.54) is 13.8 Å². The van der Waals surface area contributed by atoms with Gasteiger partial charge in [0.15, 0.2) is 6.29 Å². The Kier molecular flexibility index (Phi) is 2.17. The van der Waals surface area contributed by atoms with Crippen LogP contribution in [0.5, 0.6) is 0 Å². The molecule has 0 heterocycles. The maximum absolute atomic E-state index is 8.59. The van der Waals surface area contributed by atoms with Gasteiger partial charge in [-0.25, -0.2) is 0 Å². The minimum Gasteiger partial charge on any atom is -0.387 e. The second-order valence-corrected chi connectivity index (χ2v) is 2.51. The fraction of sp³-hybridized carbons (Fsp3) is 0.800. The number of nitrogens with one attached hydrogen (secondary N) is 1. The number of aliphatic hydroxyl groups excluding tert-OH is 1. The van der Waals surface area contributed by atoms with Crippen molar-refractivity contribution in [3.8, 4) is 0 Å². The molecule has 4 nitrogen and oxygen atoms in total. The number of rotatable bonds is 2. The van der Waals surface area contributed by atoms with Crippen LogP contribution < -0.4 is 5.73 Å². The molecule has 0 saturated carbocycles. The van der Waals surface area contributed by atoms with Crippen molar-refractivity contribution in [3.63, 3.8) is 0 Å². The standard InChI is InChI=1S/C5H12N2O2/c1-5(2,3(6)7)4(8)9/h4,8-9H,1-2H3,(H3,6,7). The van der Waals surface area contributed by atoms with Crippen molar-refractivity contribution in [2.24, 2.45) is 11.1 Å². The summed E-state index contributed by atoms with van der Waals surface area (Å²) in [6.45, 7) is 2.97. The van der Waals surface area contributed by atoms with E-state index < -0.39 is 11.7 Å². The van der Waals surface area contributed by atoms with Crippen LogP contribution in [0.4, 0.5) is 0 Å². The van der Waals surface area contributed by atoms with Gasteiger partial charge in [-0.15, -0.1) is 0 Å². The molecule has 0 spiro atoms. The monoisotopic (exact) mass is 132 g/mol. The first-order valence-electron chi connectivity index (χ1n) is 2.59. The van der Waals surface area contributed by atoms with Gasteiger partial charge in [-0.1, -0.05) is 0 Å². The first-order chi connectivity index (χ1) is 3.89. The summed E-state index contributed by atoms with van der Waals surface area (Å²) in [6.07, 6.45) is -1.56. The molecule has 5 N–H and O–H groups in total. The minimum absolute atomic E-state index is 0.225. The lowest BCUT2D eigenvalue weighted by atomic mass is 9.92. The van der Waals surface area contributed by atoms with Crippen molar-refractivity contribution in [1.29, 1.82) is 5.41 Å². The van der Waals surface area contributed by atoms with E-state index in [0.717, 1.165) is 0 Å². The Morgan fingerprint density at radius 1 is 1.56 bits per heavy atom. The molecular formula is C5H12N2O2. The molecule has 0 unspecified atom stereocenters. The summed E-state index contributed by atoms with van der Waals surface area (Å²) in [5, 5.41) is 24.1. The molecule has 0 fully saturated rings. The summed E-state index contributed by atoms with van der Waals surface area (Å²) in [5.41, 5.74) is 4.01. The van der Waals surface area contributed by atoms with Crippen LogP contribution in [0.1, 0.15) is 13.8 Å². The summed E-state index contributed by atoms with van der Waals surface area (Å²) >= 11 is 0. The lowest BCUT2D eigenvalue weighted by Crippen LogP contribution is -2.41. The molecule has 0 aromatic carbocycles. The van der Waals surface area contributed by atoms with Crippen molar-refractivity contribution in [2.45, 2.75) is 20.1 Å². The summed E-state index contributed by atoms with van der Waals surface area (Å²) in [7, 11) is 0. The smallest absolute Gasteiger partial charge is 0.163 e. The second kappa shape index (κ2) is 2.33. The van der Waals surface area contributed by atoms with Gasteiger partial charge >= 0.3 is 0 Å². The number of aliphatic hydroxyl groups is 2. The van der Waals surface area contributed by atoms with E-state index in [0.29, 0.717) is 0 Å². The van der Waals surface area contributed by atoms with Crippen molar-refractivity contribution >= 4 is 5.84 Å². The van der Waals surface area contributed by atoms with Crippen molar-refractivity contribution < 1.29 is 10.2 Å². The molecular weight excluding hydrogens is 120 g/mol. The van der Waals surface area contributed by atoms with E-state index in [9.17, 15) is 0 Å². The first kappa shape index (κ1) is 8.39. The predicted molar refractivity (Wildman–Crippen MR) is 33.9 cm³/mol. The Bertz CT molecular complexity index is 120. The molecule has 4 heteroatoms. The maximum atomic E-state index is 8.59. The zero-order valence-electron chi connectivity index (χ0n) is 5.55. The van der Waals surface area contributed by atoms with Crippen LogP contribution in [-0.2, 0) is 0 Å². The molecule has 0 aliphatic rings. The maximum Gasteiger partial charge on any atom is 0.163 e. The van der Waals surface area contributed by atoms with Crippen LogP contribution in [0, 0.1) is 10.8 Å². The molecule has 0 saturated heterocycles. The van der Waals surface area contributed by atoms with Gasteiger partial charge in [0.05, 0.1) is 5.41 Å². The Labute approximate surface area is 53.8 Å². The Morgan fingerprint density at radius 3 is 1.89 bits per heavy atom. The molecule has 0 amide bonds. The quantitative estimate of drug-likeness (QED) is 0.226. The molecule has 0 aliphatic carbocycles. The molecule has 0 bridgehead atoms. The number of nitrogens with two attached hydrogens (primary N) is 1. The van der Waals surface area contributed by atoms with Gasteiger partial charge < -0.3 is 15.9 Å². The predicted octanol–water partition coefficient (Wildman–Crippen LogP) is -0.741. The molecule has 0 rings (SSSR count). The average Bonchev–Trinajstić information content (AvgIpc) is 1.65. The molecule has 0 atom stereocenters. The van der Waals surface area contributed by atoms with Crippen LogP contribution >= 0.6 is 0 Å².